The first-order valence-electron chi connectivity index (χ1n) is 10.2. The van der Waals surface area contributed by atoms with E-state index in [1.165, 1.54) is 6.92 Å². The number of carbonyl (C=O) groups is 2. The summed E-state index contributed by atoms with van der Waals surface area (Å²) in [7, 11) is 0. The molecule has 1 aliphatic heterocycles. The van der Waals surface area contributed by atoms with Crippen LogP contribution in [0.1, 0.15) is 36.6 Å². The number of rotatable bonds is 8. The van der Waals surface area contributed by atoms with Crippen molar-refractivity contribution in [2.45, 2.75) is 44.9 Å². The highest BCUT2D eigenvalue weighted by molar-refractivity contribution is 5.89. The van der Waals surface area contributed by atoms with Gasteiger partial charge in [0.05, 0.1) is 18.2 Å². The number of carbonyl (C=O) groups excluding carboxylic acids is 2. The second-order valence-corrected chi connectivity index (χ2v) is 7.68. The van der Waals surface area contributed by atoms with E-state index in [1.54, 1.807) is 0 Å². The fourth-order valence-electron chi connectivity index (χ4n) is 3.71. The summed E-state index contributed by atoms with van der Waals surface area (Å²) in [4.78, 5) is 24.1. The van der Waals surface area contributed by atoms with E-state index in [2.05, 4.69) is 10.6 Å². The highest BCUT2D eigenvalue weighted by Crippen LogP contribution is 2.31. The van der Waals surface area contributed by atoms with Crippen molar-refractivity contribution in [3.63, 3.8) is 0 Å². The Kier molecular flexibility index (Phi) is 7.35. The Labute approximate surface area is 179 Å². The van der Waals surface area contributed by atoms with E-state index in [9.17, 15) is 23.5 Å². The minimum atomic E-state index is -1.11. The quantitative estimate of drug-likeness (QED) is 0.596. The Hall–Kier alpha value is -2.84. The zero-order valence-electron chi connectivity index (χ0n) is 17.5. The lowest BCUT2D eigenvalue weighted by atomic mass is 9.95. The van der Waals surface area contributed by atoms with Crippen molar-refractivity contribution in [2.75, 3.05) is 13.2 Å². The van der Waals surface area contributed by atoms with Gasteiger partial charge in [0, 0.05) is 25.1 Å². The number of amides is 1. The maximum atomic E-state index is 13.5. The van der Waals surface area contributed by atoms with Gasteiger partial charge in [0.15, 0.2) is 5.78 Å². The number of hydrogen-bond acceptors (Lipinski definition) is 5. The van der Waals surface area contributed by atoms with Crippen LogP contribution >= 0.6 is 0 Å². The van der Waals surface area contributed by atoms with Crippen LogP contribution in [0.15, 0.2) is 36.4 Å². The van der Waals surface area contributed by atoms with Gasteiger partial charge < -0.3 is 20.5 Å². The molecule has 6 nitrogen and oxygen atoms in total. The molecule has 2 aromatic carbocycles. The molecule has 0 spiro atoms. The molecule has 31 heavy (non-hydrogen) atoms. The molecule has 0 aliphatic carbocycles. The number of aliphatic hydroxyl groups excluding tert-OH is 1. The molecule has 0 radical (unpaired) electrons. The first-order valence-corrected chi connectivity index (χ1v) is 10.2. The summed E-state index contributed by atoms with van der Waals surface area (Å²) in [5, 5.41) is 16.4. The van der Waals surface area contributed by atoms with E-state index in [0.29, 0.717) is 16.9 Å². The third-order valence-electron chi connectivity index (χ3n) is 5.25. The van der Waals surface area contributed by atoms with E-state index in [0.717, 1.165) is 30.2 Å². The molecular formula is C23H26F2N2O4. The highest BCUT2D eigenvalue weighted by atomic mass is 19.1. The van der Waals surface area contributed by atoms with Crippen molar-refractivity contribution >= 4 is 11.7 Å². The van der Waals surface area contributed by atoms with Gasteiger partial charge in [-0.2, -0.15) is 0 Å². The molecule has 0 saturated heterocycles. The van der Waals surface area contributed by atoms with Crippen LogP contribution in [0.5, 0.6) is 5.75 Å². The topological polar surface area (TPSA) is 87.7 Å². The summed E-state index contributed by atoms with van der Waals surface area (Å²) < 4.78 is 32.5. The van der Waals surface area contributed by atoms with E-state index < -0.39 is 29.8 Å². The number of fused-ring (bicyclic) bond motifs is 1. The number of nitrogens with one attached hydrogen (secondary N) is 2. The molecule has 3 unspecified atom stereocenters. The molecule has 3 N–H and O–H groups in total. The van der Waals surface area contributed by atoms with Crippen molar-refractivity contribution in [2.24, 2.45) is 0 Å². The Balaban J connectivity index is 1.74. The van der Waals surface area contributed by atoms with Crippen LogP contribution in [0, 0.1) is 11.6 Å². The number of aliphatic hydroxyl groups is 1. The number of ketones is 1. The molecule has 0 saturated carbocycles. The minimum absolute atomic E-state index is 0.0189. The number of hydrogen-bond donors (Lipinski definition) is 3. The average Bonchev–Trinajstić information content (AvgIpc) is 2.70. The average molecular weight is 432 g/mol. The van der Waals surface area contributed by atoms with Gasteiger partial charge >= 0.3 is 0 Å². The smallest absolute Gasteiger partial charge is 0.217 e. The molecule has 2 aromatic rings. The van der Waals surface area contributed by atoms with Gasteiger partial charge in [-0.25, -0.2) is 8.78 Å². The van der Waals surface area contributed by atoms with Crippen LogP contribution in [-0.4, -0.2) is 42.1 Å². The minimum Gasteiger partial charge on any atom is -0.485 e. The lowest BCUT2D eigenvalue weighted by Crippen LogP contribution is -2.49. The zero-order chi connectivity index (χ0) is 22.5. The fourth-order valence-corrected chi connectivity index (χ4v) is 3.71. The largest absolute Gasteiger partial charge is 0.485 e. The lowest BCUT2D eigenvalue weighted by Gasteiger charge is -2.29. The number of Topliss-reactive ketones (excluding diaryl/α,β-unsaturated/α-hetero) is 1. The Morgan fingerprint density at radius 2 is 1.90 bits per heavy atom. The predicted molar refractivity (Wildman–Crippen MR) is 111 cm³/mol. The molecule has 1 aliphatic rings. The summed E-state index contributed by atoms with van der Waals surface area (Å²) >= 11 is 0. The van der Waals surface area contributed by atoms with Gasteiger partial charge in [-0.05, 0) is 42.2 Å². The van der Waals surface area contributed by atoms with Crippen LogP contribution in [0.3, 0.4) is 0 Å². The summed E-state index contributed by atoms with van der Waals surface area (Å²) in [5.41, 5.74) is 2.05. The molecule has 0 bridgehead atoms. The van der Waals surface area contributed by atoms with Crippen LogP contribution in [0.4, 0.5) is 8.78 Å². The SMILES string of the molecule is CCc1ccc2c(c1)C(NCC(O)C(Cc1cc(F)cc(F)c1)NC(C)=O)C(=O)CO2. The Morgan fingerprint density at radius 1 is 1.19 bits per heavy atom. The van der Waals surface area contributed by atoms with Crippen LogP contribution < -0.4 is 15.4 Å². The standard InChI is InChI=1S/C23H26F2N2O4/c1-3-14-4-5-22-18(8-14)23(21(30)12-31-22)26-11-20(29)19(27-13(2)28)9-15-6-16(24)10-17(25)7-15/h4-8,10,19-20,23,26,29H,3,9,11-12H2,1-2H3,(H,27,28). The van der Waals surface area contributed by atoms with Gasteiger partial charge in [0.2, 0.25) is 5.91 Å². The lowest BCUT2D eigenvalue weighted by molar-refractivity contribution is -0.125. The molecule has 1 heterocycles. The predicted octanol–water partition coefficient (Wildman–Crippen LogP) is 2.23. The molecule has 166 valence electrons. The maximum absolute atomic E-state index is 13.5. The zero-order valence-corrected chi connectivity index (χ0v) is 17.5. The molecule has 3 rings (SSSR count). The first-order chi connectivity index (χ1) is 14.8. The van der Waals surface area contributed by atoms with Crippen LogP contribution in [0.25, 0.3) is 0 Å². The first kappa shape index (κ1) is 22.8. The summed E-state index contributed by atoms with van der Waals surface area (Å²) in [6.45, 7) is 3.20. The number of halogens is 2. The van der Waals surface area contributed by atoms with Crippen molar-refractivity contribution in [3.8, 4) is 5.75 Å². The monoisotopic (exact) mass is 432 g/mol. The van der Waals surface area contributed by atoms with Gasteiger partial charge in [0.1, 0.15) is 24.0 Å². The van der Waals surface area contributed by atoms with Gasteiger partial charge in [0.25, 0.3) is 0 Å². The molecule has 0 fully saturated rings. The molecule has 8 heteroatoms. The van der Waals surface area contributed by atoms with Crippen molar-refractivity contribution in [1.82, 2.24) is 10.6 Å². The van der Waals surface area contributed by atoms with E-state index in [-0.39, 0.29) is 31.3 Å². The highest BCUT2D eigenvalue weighted by Gasteiger charge is 2.30. The Bertz CT molecular complexity index is 946. The van der Waals surface area contributed by atoms with Gasteiger partial charge in [-0.1, -0.05) is 19.1 Å². The summed E-state index contributed by atoms with van der Waals surface area (Å²) in [6, 6.07) is 7.27. The second kappa shape index (κ2) is 9.98. The molecule has 0 aromatic heterocycles. The normalized spacial score (nSPS) is 17.5. The summed E-state index contributed by atoms with van der Waals surface area (Å²) in [5.74, 6) is -1.42. The number of aryl methyl sites for hydroxylation is 1. The van der Waals surface area contributed by atoms with E-state index >= 15 is 0 Å². The third-order valence-corrected chi connectivity index (χ3v) is 5.25. The molecule has 1 amide bonds. The fraction of sp³-hybridized carbons (Fsp3) is 0.391. The van der Waals surface area contributed by atoms with E-state index in [4.69, 9.17) is 4.74 Å². The van der Waals surface area contributed by atoms with Crippen molar-refractivity contribution in [3.05, 3.63) is 64.7 Å². The number of benzene rings is 2. The van der Waals surface area contributed by atoms with Crippen molar-refractivity contribution in [1.29, 1.82) is 0 Å². The van der Waals surface area contributed by atoms with Crippen LogP contribution in [0.2, 0.25) is 0 Å². The number of ether oxygens (including phenoxy) is 1. The maximum Gasteiger partial charge on any atom is 0.217 e. The van der Waals surface area contributed by atoms with E-state index in [1.807, 2.05) is 25.1 Å². The van der Waals surface area contributed by atoms with Gasteiger partial charge in [-0.15, -0.1) is 0 Å². The third kappa shape index (κ3) is 5.86. The second-order valence-electron chi connectivity index (χ2n) is 7.68. The summed E-state index contributed by atoms with van der Waals surface area (Å²) in [6.07, 6.45) is -0.287. The van der Waals surface area contributed by atoms with Crippen molar-refractivity contribution < 1.29 is 28.2 Å². The van der Waals surface area contributed by atoms with Crippen LogP contribution in [-0.2, 0) is 22.4 Å². The molecule has 3 atom stereocenters. The van der Waals surface area contributed by atoms with Gasteiger partial charge in [-0.3, -0.25) is 9.59 Å². The Morgan fingerprint density at radius 3 is 2.55 bits per heavy atom. The molecular weight excluding hydrogens is 406 g/mol.